The number of aryl methyl sites for hydroxylation is 1. The maximum Gasteiger partial charge on any atom is 0.178 e. The Morgan fingerprint density at radius 2 is 1.75 bits per heavy atom. The average Bonchev–Trinajstić information content (AvgIpc) is 3.08. The van der Waals surface area contributed by atoms with E-state index in [1.54, 1.807) is 18.0 Å². The second-order valence-corrected chi connectivity index (χ2v) is 8.29. The van der Waals surface area contributed by atoms with Crippen molar-refractivity contribution in [2.75, 3.05) is 4.90 Å². The van der Waals surface area contributed by atoms with Gasteiger partial charge >= 0.3 is 0 Å². The van der Waals surface area contributed by atoms with Crippen LogP contribution in [0.5, 0.6) is 11.5 Å². The fraction of sp³-hybridized carbons (Fsp3) is 0.136. The van der Waals surface area contributed by atoms with E-state index < -0.39 is 0 Å². The molecule has 1 aliphatic rings. The summed E-state index contributed by atoms with van der Waals surface area (Å²) in [7, 11) is 0. The van der Waals surface area contributed by atoms with Gasteiger partial charge in [0.25, 0.3) is 0 Å². The molecule has 1 aliphatic heterocycles. The van der Waals surface area contributed by atoms with E-state index in [9.17, 15) is 0 Å². The van der Waals surface area contributed by atoms with E-state index in [1.807, 2.05) is 42.5 Å². The second kappa shape index (κ2) is 8.82. The molecule has 0 amide bonds. The minimum Gasteiger partial charge on any atom is -0.453 e. The summed E-state index contributed by atoms with van der Waals surface area (Å²) in [6.45, 7) is 0. The van der Waals surface area contributed by atoms with Gasteiger partial charge in [-0.05, 0) is 51.9 Å². The first-order valence-corrected chi connectivity index (χ1v) is 10.8. The number of para-hydroxylation sites is 1. The minimum atomic E-state index is -0.224. The molecule has 142 valence electrons. The highest BCUT2D eigenvalue weighted by atomic mass is 79.9. The molecule has 0 saturated carbocycles. The van der Waals surface area contributed by atoms with Crippen molar-refractivity contribution < 1.29 is 4.74 Å². The summed E-state index contributed by atoms with van der Waals surface area (Å²) in [5.74, 6) is 2.16. The molecule has 6 heteroatoms. The number of thioether (sulfide) groups is 1. The monoisotopic (exact) mass is 453 g/mol. The van der Waals surface area contributed by atoms with Gasteiger partial charge in [0.05, 0.1) is 0 Å². The second-order valence-electron chi connectivity index (χ2n) is 6.38. The number of benzene rings is 2. The maximum absolute atomic E-state index is 6.40. The van der Waals surface area contributed by atoms with Crippen molar-refractivity contribution in [2.24, 2.45) is 5.73 Å². The third kappa shape index (κ3) is 4.41. The van der Waals surface area contributed by atoms with Crippen LogP contribution in [0.25, 0.3) is 0 Å². The van der Waals surface area contributed by atoms with E-state index in [4.69, 9.17) is 10.5 Å². The quantitative estimate of drug-likeness (QED) is 0.502. The summed E-state index contributed by atoms with van der Waals surface area (Å²) in [4.78, 5) is 6.70. The lowest BCUT2D eigenvalue weighted by atomic mass is 10.1. The van der Waals surface area contributed by atoms with Crippen LogP contribution in [0.4, 0.5) is 5.82 Å². The molecule has 2 aromatic carbocycles. The summed E-state index contributed by atoms with van der Waals surface area (Å²) in [5, 5.41) is 2.13. The van der Waals surface area contributed by atoms with Crippen LogP contribution < -0.4 is 15.4 Å². The predicted octanol–water partition coefficient (Wildman–Crippen LogP) is 5.91. The number of pyridine rings is 1. The van der Waals surface area contributed by atoms with Gasteiger partial charge in [-0.25, -0.2) is 4.98 Å². The van der Waals surface area contributed by atoms with Gasteiger partial charge in [0.2, 0.25) is 0 Å². The van der Waals surface area contributed by atoms with Crippen LogP contribution >= 0.6 is 27.7 Å². The van der Waals surface area contributed by atoms with Crippen LogP contribution in [0.15, 0.2) is 88.5 Å². The van der Waals surface area contributed by atoms with Gasteiger partial charge in [-0.2, -0.15) is 0 Å². The van der Waals surface area contributed by atoms with Crippen molar-refractivity contribution in [1.29, 1.82) is 0 Å². The molecule has 2 N–H and O–H groups in total. The van der Waals surface area contributed by atoms with Crippen molar-refractivity contribution in [3.8, 4) is 11.5 Å². The van der Waals surface area contributed by atoms with Crippen molar-refractivity contribution in [3.63, 3.8) is 0 Å². The number of halogens is 1. The third-order valence-corrected chi connectivity index (χ3v) is 5.75. The molecule has 1 aromatic heterocycles. The Bertz CT molecular complexity index is 966. The van der Waals surface area contributed by atoms with Gasteiger partial charge in [-0.3, -0.25) is 0 Å². The minimum absolute atomic E-state index is 0.224. The molecule has 0 radical (unpaired) electrons. The number of hydrogen-bond donors (Lipinski definition) is 1. The molecule has 3 aromatic rings. The van der Waals surface area contributed by atoms with Gasteiger partial charge < -0.3 is 15.4 Å². The molecule has 4 rings (SSSR count). The van der Waals surface area contributed by atoms with Gasteiger partial charge in [0.1, 0.15) is 11.2 Å². The molecule has 2 heterocycles. The molecular formula is C22H20BrN3OS. The van der Waals surface area contributed by atoms with Crippen LogP contribution in [0.3, 0.4) is 0 Å². The Morgan fingerprint density at radius 3 is 2.50 bits per heavy atom. The normalized spacial score (nSPS) is 16.1. The zero-order chi connectivity index (χ0) is 19.3. The van der Waals surface area contributed by atoms with E-state index in [0.29, 0.717) is 5.75 Å². The molecular weight excluding hydrogens is 434 g/mol. The van der Waals surface area contributed by atoms with Crippen LogP contribution in [-0.4, -0.2) is 10.5 Å². The molecule has 0 bridgehead atoms. The Hall–Kier alpha value is -2.28. The Morgan fingerprint density at radius 1 is 1.04 bits per heavy atom. The van der Waals surface area contributed by atoms with Gasteiger partial charge in [0.15, 0.2) is 11.6 Å². The average molecular weight is 454 g/mol. The van der Waals surface area contributed by atoms with Crippen molar-refractivity contribution in [3.05, 3.63) is 94.1 Å². The number of aromatic nitrogens is 1. The first-order valence-electron chi connectivity index (χ1n) is 9.02. The summed E-state index contributed by atoms with van der Waals surface area (Å²) >= 11 is 5.09. The molecule has 0 fully saturated rings. The van der Waals surface area contributed by atoms with Gasteiger partial charge in [-0.15, -0.1) is 0 Å². The smallest absolute Gasteiger partial charge is 0.178 e. The van der Waals surface area contributed by atoms with Gasteiger partial charge in [-0.1, -0.05) is 60.3 Å². The van der Waals surface area contributed by atoms with Crippen molar-refractivity contribution in [1.82, 2.24) is 4.98 Å². The van der Waals surface area contributed by atoms with Crippen LogP contribution in [0.2, 0.25) is 0 Å². The topological polar surface area (TPSA) is 51.4 Å². The number of rotatable bonds is 6. The largest absolute Gasteiger partial charge is 0.453 e. The number of ether oxygens (including phenoxy) is 1. The van der Waals surface area contributed by atoms with Crippen LogP contribution in [-0.2, 0) is 6.42 Å². The SMILES string of the molecule is NC1SC=C(CCc2ccccc2)N1c1ncc(Br)cc1Oc1ccccc1. The summed E-state index contributed by atoms with van der Waals surface area (Å²) in [6.07, 6.45) is 3.60. The first kappa shape index (κ1) is 19.1. The first-order chi connectivity index (χ1) is 13.7. The number of nitrogens with two attached hydrogens (primary N) is 1. The predicted molar refractivity (Wildman–Crippen MR) is 119 cm³/mol. The van der Waals surface area contributed by atoms with E-state index >= 15 is 0 Å². The molecule has 1 unspecified atom stereocenters. The van der Waals surface area contributed by atoms with Crippen LogP contribution in [0, 0.1) is 0 Å². The van der Waals surface area contributed by atoms with Crippen molar-refractivity contribution >= 4 is 33.5 Å². The van der Waals surface area contributed by atoms with Gasteiger partial charge in [0, 0.05) is 22.4 Å². The highest BCUT2D eigenvalue weighted by Gasteiger charge is 2.29. The summed E-state index contributed by atoms with van der Waals surface area (Å²) < 4.78 is 6.99. The lowest BCUT2D eigenvalue weighted by molar-refractivity contribution is 0.479. The Balaban J connectivity index is 1.60. The van der Waals surface area contributed by atoms with Crippen molar-refractivity contribution in [2.45, 2.75) is 18.3 Å². The van der Waals surface area contributed by atoms with E-state index in [1.165, 1.54) is 5.56 Å². The Kier molecular flexibility index (Phi) is 6.00. The third-order valence-electron chi connectivity index (χ3n) is 4.42. The molecule has 28 heavy (non-hydrogen) atoms. The fourth-order valence-electron chi connectivity index (χ4n) is 3.07. The van der Waals surface area contributed by atoms with E-state index in [2.05, 4.69) is 55.5 Å². The highest BCUT2D eigenvalue weighted by Crippen LogP contribution is 2.41. The van der Waals surface area contributed by atoms with Crippen LogP contribution in [0.1, 0.15) is 12.0 Å². The molecule has 0 aliphatic carbocycles. The number of anilines is 1. The summed E-state index contributed by atoms with van der Waals surface area (Å²) in [5.41, 5.74) is 8.63. The number of allylic oxidation sites excluding steroid dienone is 1. The molecule has 1 atom stereocenters. The van der Waals surface area contributed by atoms with E-state index in [-0.39, 0.29) is 5.50 Å². The lowest BCUT2D eigenvalue weighted by Gasteiger charge is -2.27. The highest BCUT2D eigenvalue weighted by molar-refractivity contribution is 9.10. The molecule has 0 spiro atoms. The summed E-state index contributed by atoms with van der Waals surface area (Å²) in [6, 6.07) is 22.1. The lowest BCUT2D eigenvalue weighted by Crippen LogP contribution is -2.36. The zero-order valence-corrected chi connectivity index (χ0v) is 17.6. The molecule has 0 saturated heterocycles. The fourth-order valence-corrected chi connectivity index (χ4v) is 4.26. The number of hydrogen-bond acceptors (Lipinski definition) is 5. The standard InChI is InChI=1S/C22H20BrN3OS/c23-17-13-20(27-19-9-5-2-6-10-19)21(25-14-17)26-18(15-28-22(26)24)12-11-16-7-3-1-4-8-16/h1-10,13-15,22H,11-12,24H2. The zero-order valence-electron chi connectivity index (χ0n) is 15.2. The maximum atomic E-state index is 6.40. The molecule has 4 nitrogen and oxygen atoms in total. The van der Waals surface area contributed by atoms with E-state index in [0.717, 1.165) is 34.6 Å². The number of nitrogens with zero attached hydrogens (tertiary/aromatic N) is 2. The Labute approximate surface area is 177 Å².